The van der Waals surface area contributed by atoms with Gasteiger partial charge in [-0.1, -0.05) is 79.4 Å². The zero-order valence-electron chi connectivity index (χ0n) is 55.7. The summed E-state index contributed by atoms with van der Waals surface area (Å²) in [7, 11) is -8.08. The molecular weight excluding hydrogens is 2270 g/mol. The Balaban J connectivity index is -0.000000130. The van der Waals surface area contributed by atoms with Gasteiger partial charge >= 0.3 is 11.9 Å². The summed E-state index contributed by atoms with van der Waals surface area (Å²) < 4.78 is 66.4. The van der Waals surface area contributed by atoms with Gasteiger partial charge in [0, 0.05) is 488 Å². The van der Waals surface area contributed by atoms with Gasteiger partial charge in [-0.05, 0) is 87.1 Å². The average molecular weight is 2350 g/mol. The molecule has 0 aliphatic rings. The van der Waals surface area contributed by atoms with Crippen molar-refractivity contribution < 1.29 is 482 Å². The number of hydrogen-bond donors (Lipinski definition) is 4. The van der Waals surface area contributed by atoms with E-state index in [1.54, 1.807) is 0 Å². The van der Waals surface area contributed by atoms with E-state index in [0.717, 1.165) is 76.7 Å². The van der Waals surface area contributed by atoms with Crippen molar-refractivity contribution in [1.29, 1.82) is 10.5 Å². The predicted octanol–water partition coefficient (Wildman–Crippen LogP) is 8.57. The molecule has 4 N–H and O–H groups in total. The van der Waals surface area contributed by atoms with Crippen molar-refractivity contribution in [2.45, 2.75) is 116 Å². The smallest absolute Gasteiger partial charge is 0.330 e. The fourth-order valence-corrected chi connectivity index (χ4v) is 11.1. The molecule has 4 aromatic rings. The second-order valence-electron chi connectivity index (χ2n) is 18.6. The number of aliphatic hydroxyl groups excluding tert-OH is 2. The Bertz CT molecular complexity index is 3350. The Labute approximate surface area is 894 Å². The second kappa shape index (κ2) is 70.7. The molecule has 2 atom stereocenters. The van der Waals surface area contributed by atoms with E-state index in [4.69, 9.17) is 19.7 Å². The minimum Gasteiger partial charge on any atom is -0.493 e. The summed E-state index contributed by atoms with van der Waals surface area (Å²) in [6.45, 7) is 16.2. The summed E-state index contributed by atoms with van der Waals surface area (Å²) >= 11 is 0. The van der Waals surface area contributed by atoms with Gasteiger partial charge in [0.15, 0.2) is 11.4 Å². The largest absolute Gasteiger partial charge is 0.493 e. The van der Waals surface area contributed by atoms with Crippen LogP contribution in [0.3, 0.4) is 0 Å². The van der Waals surface area contributed by atoms with E-state index >= 15 is 0 Å². The molecule has 24 nitrogen and oxygen atoms in total. The monoisotopic (exact) mass is 2350 g/mol. The van der Waals surface area contributed by atoms with Crippen LogP contribution < -0.4 is 11.1 Å². The molecule has 4 rings (SSSR count). The number of unbranched alkanes of at least 4 members (excludes halogenated alkanes) is 2. The Morgan fingerprint density at radius 1 is 0.552 bits per heavy atom. The van der Waals surface area contributed by atoms with Crippen molar-refractivity contribution in [2.24, 2.45) is 32.3 Å². The number of aromatic nitrogens is 2. The summed E-state index contributed by atoms with van der Waals surface area (Å²) in [5.41, 5.74) is -0.606. The molecule has 0 aliphatic heterocycles. The maximum atomic E-state index is 13.4. The van der Waals surface area contributed by atoms with Gasteiger partial charge in [-0.2, -0.15) is 29.4 Å². The summed E-state index contributed by atoms with van der Waals surface area (Å²) in [5, 5.41) is 75.2. The Kier molecular flexibility index (Phi) is 95.1. The van der Waals surface area contributed by atoms with Crippen LogP contribution in [0.1, 0.15) is 101 Å². The molecule has 0 fully saturated rings. The second-order valence-corrected chi connectivity index (χ2v) is 22.5. The number of aliphatic hydroxyl groups is 2. The summed E-state index contributed by atoms with van der Waals surface area (Å²) in [4.78, 5) is 49.2. The van der Waals surface area contributed by atoms with E-state index < -0.39 is 62.2 Å². The SMILES string of the molecule is C=CC(=O)OCCN(CCOC(=O)C=C)S(=O)(=O)c1ccc(N=Nc2c(C)c(C#N)c(O)n(CC(CC)CCCC)c2=O)cc1.CCCCC(CC)Cn1c(O)c(C#N)c(C)c(N=Nc2ccc(S(=O)(=O)N(CCO)CCO)cc2)c1=O.[CH3-].[Y].[Y].[Y].[Y].[Y].[Y].[Y].[Y].[Y].[Y].[Y].[Y].[Y]. The van der Waals surface area contributed by atoms with Crippen LogP contribution in [0.2, 0.25) is 0 Å². The number of esters is 2. The van der Waals surface area contributed by atoms with E-state index in [-0.39, 0.29) is 558 Å². The minimum absolute atomic E-state index is 0. The third-order valence-corrected chi connectivity index (χ3v) is 17.0. The van der Waals surface area contributed by atoms with Gasteiger partial charge in [0.25, 0.3) is 11.1 Å². The summed E-state index contributed by atoms with van der Waals surface area (Å²) in [6.07, 6.45) is 9.18. The number of nitrogens with zero attached hydrogens (tertiary/aromatic N) is 10. The molecule has 491 valence electrons. The van der Waals surface area contributed by atoms with Gasteiger partial charge in [0.2, 0.25) is 31.8 Å². The third-order valence-electron chi connectivity index (χ3n) is 13.2. The molecule has 0 spiro atoms. The van der Waals surface area contributed by atoms with Gasteiger partial charge in [0.1, 0.15) is 36.5 Å². The Hall–Kier alpha value is 6.63. The normalized spacial score (nSPS) is 10.6. The predicted molar refractivity (Wildman–Crippen MR) is 312 cm³/mol. The number of carbonyl (C=O) groups is 2. The molecule has 0 aliphatic carbocycles. The van der Waals surface area contributed by atoms with Crippen LogP contribution in [-0.4, -0.2) is 120 Å². The van der Waals surface area contributed by atoms with E-state index in [0.29, 0.717) is 0 Å². The summed E-state index contributed by atoms with van der Waals surface area (Å²) in [6, 6.07) is 14.6. The molecule has 0 bridgehead atoms. The number of carbonyl (C=O) groups excluding carboxylic acids is 2. The van der Waals surface area contributed by atoms with Crippen molar-refractivity contribution in [1.82, 2.24) is 17.7 Å². The zero-order valence-corrected chi connectivity index (χ0v) is 94.3. The topological polar surface area (TPSA) is 349 Å². The first-order valence-electron chi connectivity index (χ1n) is 26.7. The maximum Gasteiger partial charge on any atom is 0.330 e. The molecule has 39 heteroatoms. The number of rotatable bonds is 32. The Morgan fingerprint density at radius 2 is 0.844 bits per heavy atom. The average Bonchev–Trinajstić information content (AvgIpc) is 0.809. The first-order chi connectivity index (χ1) is 39.1. The molecule has 0 amide bonds. The van der Waals surface area contributed by atoms with Crippen molar-refractivity contribution in [2.75, 3.05) is 52.6 Å². The summed E-state index contributed by atoms with van der Waals surface area (Å²) in [5.74, 6) is -1.98. The van der Waals surface area contributed by atoms with Gasteiger partial charge in [0.05, 0.1) is 34.4 Å². The van der Waals surface area contributed by atoms with Gasteiger partial charge in [-0.25, -0.2) is 26.4 Å². The van der Waals surface area contributed by atoms with E-state index in [9.17, 15) is 56.8 Å². The number of pyridine rings is 2. The molecule has 2 heterocycles. The number of nitriles is 2. The Morgan fingerprint density at radius 3 is 1.09 bits per heavy atom. The molecule has 2 unspecified atom stereocenters. The number of sulfonamides is 2. The van der Waals surface area contributed by atoms with Gasteiger partial charge in [-0.15, -0.1) is 10.2 Å². The number of azo groups is 2. The molecule has 96 heavy (non-hydrogen) atoms. The molecule has 13 radical (unpaired) electrons. The van der Waals surface area contributed by atoms with E-state index in [1.807, 2.05) is 26.0 Å². The van der Waals surface area contributed by atoms with Crippen LogP contribution in [0.25, 0.3) is 0 Å². The fourth-order valence-electron chi connectivity index (χ4n) is 8.23. The van der Waals surface area contributed by atoms with Crippen LogP contribution in [0.4, 0.5) is 22.7 Å². The number of hydrogen-bond acceptors (Lipinski definition) is 20. The van der Waals surface area contributed by atoms with Crippen LogP contribution >= 0.6 is 0 Å². The molecule has 0 saturated heterocycles. The molecule has 0 saturated carbocycles. The molecule has 2 aromatic carbocycles. The molecule has 2 aromatic heterocycles. The number of benzene rings is 2. The van der Waals surface area contributed by atoms with Crippen molar-refractivity contribution in [3.05, 3.63) is 124 Å². The minimum atomic E-state index is -4.14. The van der Waals surface area contributed by atoms with Crippen LogP contribution in [0.15, 0.2) is 114 Å². The van der Waals surface area contributed by atoms with E-state index in [1.165, 1.54) is 66.9 Å². The number of ether oxygens (including phenoxy) is 2. The van der Waals surface area contributed by atoms with Crippen molar-refractivity contribution in [3.63, 3.8) is 0 Å². The van der Waals surface area contributed by atoms with Crippen molar-refractivity contribution >= 4 is 54.7 Å². The number of aromatic hydroxyl groups is 2. The third kappa shape index (κ3) is 41.8. The van der Waals surface area contributed by atoms with Crippen LogP contribution in [0.5, 0.6) is 11.8 Å². The van der Waals surface area contributed by atoms with Crippen LogP contribution in [0, 0.1) is 55.8 Å². The van der Waals surface area contributed by atoms with Crippen molar-refractivity contribution in [3.8, 4) is 23.9 Å². The van der Waals surface area contributed by atoms with Gasteiger partial charge in [-0.3, -0.25) is 18.7 Å². The van der Waals surface area contributed by atoms with Crippen LogP contribution in [-0.2, 0) is 477 Å². The van der Waals surface area contributed by atoms with E-state index in [2.05, 4.69) is 47.5 Å². The standard InChI is InChI=1S/C31H39N5O8S.C25H35N5O6S.CH3.13Y/c1-6-10-11-23(7-2)21-36-30(39)26(20-32)22(5)29(31(36)40)34-33-24-12-14-25(15-13-24)45(41,42)35(16-18-43-27(37)8-3)17-19-44-28(38)9-4;1-4-6-7-19(5-2)17-30-24(33)22(16-26)18(3)23(25(30)34)28-27-20-8-10-21(11-9-20)37(35,36)29(12-14-31)13-15-32;;;;;;;;;;;;;;/h8-9,12-15,23,39H,3-4,6-7,10-11,16-19,21H2,1-2,5H3;8-11,19,31-33H,4-7,12-15,17H2,1-3H3;1H3;;;;;;;;;;;;;/q;;-1;;;;;;;;;;;;;. The fraction of sp³-hybridized carbons (Fsp3) is 0.456. The quantitative estimate of drug-likeness (QED) is 0.0154. The first kappa shape index (κ1) is 129. The first-order valence-corrected chi connectivity index (χ1v) is 29.5. The maximum absolute atomic E-state index is 13.4. The van der Waals surface area contributed by atoms with Gasteiger partial charge < -0.3 is 37.3 Å². The zero-order chi connectivity index (χ0) is 61.2. The molecular formula is C57H77N10O14S2Y13-.